The Hall–Kier alpha value is -1.64. The van der Waals surface area contributed by atoms with Gasteiger partial charge in [-0.2, -0.15) is 0 Å². The molecular weight excluding hydrogens is 236 g/mol. The van der Waals surface area contributed by atoms with E-state index in [1.807, 2.05) is 38.1 Å². The maximum atomic E-state index is 9.87. The molecule has 2 nitrogen and oxygen atoms in total. The Bertz CT molecular complexity index is 594. The van der Waals surface area contributed by atoms with Gasteiger partial charge in [-0.15, -0.1) is 0 Å². The fourth-order valence-corrected chi connectivity index (χ4v) is 2.19. The van der Waals surface area contributed by atoms with E-state index in [0.29, 0.717) is 5.57 Å². The summed E-state index contributed by atoms with van der Waals surface area (Å²) in [4.78, 5) is 0. The lowest BCUT2D eigenvalue weighted by Crippen LogP contribution is -2.29. The molecule has 0 aromatic heterocycles. The Morgan fingerprint density at radius 1 is 1.16 bits per heavy atom. The quantitative estimate of drug-likeness (QED) is 0.662. The first-order valence-electron chi connectivity index (χ1n) is 6.41. The minimum Gasteiger partial charge on any atom is -0.364 e. The third-order valence-corrected chi connectivity index (χ3v) is 3.27. The van der Waals surface area contributed by atoms with Crippen molar-refractivity contribution in [1.29, 1.82) is 0 Å². The number of hydrogen-bond acceptors (Lipinski definition) is 2. The maximum absolute atomic E-state index is 9.87. The zero-order valence-corrected chi connectivity index (χ0v) is 11.7. The Labute approximate surface area is 114 Å². The van der Waals surface area contributed by atoms with Crippen LogP contribution in [0, 0.1) is 0 Å². The van der Waals surface area contributed by atoms with Crippen LogP contribution in [0.2, 0.25) is 0 Å². The molecule has 0 bridgehead atoms. The highest BCUT2D eigenvalue weighted by molar-refractivity contribution is 5.86. The van der Waals surface area contributed by atoms with Gasteiger partial charge in [-0.3, -0.25) is 0 Å². The zero-order chi connectivity index (χ0) is 14.0. The smallest absolute Gasteiger partial charge is 0.177 e. The van der Waals surface area contributed by atoms with Crippen LogP contribution in [-0.4, -0.2) is 11.4 Å². The number of ether oxygens (including phenoxy) is 1. The average Bonchev–Trinajstić information content (AvgIpc) is 2.37. The summed E-state index contributed by atoms with van der Waals surface area (Å²) < 4.78 is 5.75. The molecule has 1 atom stereocenters. The summed E-state index contributed by atoms with van der Waals surface area (Å²) in [6.45, 7) is 9.39. The summed E-state index contributed by atoms with van der Waals surface area (Å²) in [7, 11) is 0. The van der Waals surface area contributed by atoms with Crippen molar-refractivity contribution in [2.45, 2.75) is 32.7 Å². The third-order valence-electron chi connectivity index (χ3n) is 3.27. The number of fused-ring (bicyclic) bond motifs is 1. The molecule has 0 spiro atoms. The molecule has 0 aliphatic rings. The first kappa shape index (κ1) is 13.8. The van der Waals surface area contributed by atoms with Crippen molar-refractivity contribution >= 4 is 10.8 Å². The highest BCUT2D eigenvalue weighted by Gasteiger charge is 2.26. The molecule has 0 saturated heterocycles. The van der Waals surface area contributed by atoms with Crippen molar-refractivity contribution in [2.75, 3.05) is 0 Å². The number of aliphatic hydroxyl groups excluding tert-OH is 1. The van der Waals surface area contributed by atoms with Crippen molar-refractivity contribution in [3.05, 3.63) is 60.2 Å². The van der Waals surface area contributed by atoms with Gasteiger partial charge < -0.3 is 9.84 Å². The lowest BCUT2D eigenvalue weighted by molar-refractivity contribution is -0.155. The van der Waals surface area contributed by atoms with Gasteiger partial charge in [0.05, 0.1) is 5.60 Å². The minimum atomic E-state index is -0.950. The van der Waals surface area contributed by atoms with Gasteiger partial charge in [-0.25, -0.2) is 0 Å². The fourth-order valence-electron chi connectivity index (χ4n) is 2.19. The molecule has 0 aliphatic heterocycles. The van der Waals surface area contributed by atoms with Crippen LogP contribution < -0.4 is 0 Å². The van der Waals surface area contributed by atoms with Crippen LogP contribution in [0.5, 0.6) is 0 Å². The normalized spacial score (nSPS) is 13.5. The van der Waals surface area contributed by atoms with Gasteiger partial charge in [0.2, 0.25) is 0 Å². The molecule has 1 N–H and O–H groups in total. The second kappa shape index (κ2) is 5.16. The van der Waals surface area contributed by atoms with E-state index in [-0.39, 0.29) is 0 Å². The van der Waals surface area contributed by atoms with Crippen LogP contribution in [0.4, 0.5) is 0 Å². The Kier molecular flexibility index (Phi) is 3.74. The zero-order valence-electron chi connectivity index (χ0n) is 11.7. The summed E-state index contributed by atoms with van der Waals surface area (Å²) in [5.74, 6) is 0. The topological polar surface area (TPSA) is 29.5 Å². The van der Waals surface area contributed by atoms with Crippen LogP contribution in [0.1, 0.15) is 26.3 Å². The molecule has 2 heteroatoms. The average molecular weight is 256 g/mol. The van der Waals surface area contributed by atoms with Crippen LogP contribution in [0.15, 0.2) is 54.6 Å². The predicted molar refractivity (Wildman–Crippen MR) is 78.9 cm³/mol. The molecule has 0 amide bonds. The largest absolute Gasteiger partial charge is 0.364 e. The molecule has 1 unspecified atom stereocenters. The Balaban J connectivity index is 2.45. The molecule has 0 fully saturated rings. The lowest BCUT2D eigenvalue weighted by Gasteiger charge is -2.30. The Morgan fingerprint density at radius 3 is 2.47 bits per heavy atom. The molecule has 19 heavy (non-hydrogen) atoms. The van der Waals surface area contributed by atoms with Crippen molar-refractivity contribution in [3.8, 4) is 0 Å². The second-order valence-electron chi connectivity index (χ2n) is 5.35. The van der Waals surface area contributed by atoms with Gasteiger partial charge in [-0.05, 0) is 42.7 Å². The highest BCUT2D eigenvalue weighted by atomic mass is 16.6. The summed E-state index contributed by atoms with van der Waals surface area (Å²) in [6.07, 6.45) is -0.950. The van der Waals surface area contributed by atoms with Crippen LogP contribution in [0.3, 0.4) is 0 Å². The number of benzene rings is 2. The van der Waals surface area contributed by atoms with Crippen molar-refractivity contribution in [3.63, 3.8) is 0 Å². The maximum Gasteiger partial charge on any atom is 0.177 e. The van der Waals surface area contributed by atoms with Crippen LogP contribution >= 0.6 is 0 Å². The molecular formula is C17H20O2. The molecule has 0 heterocycles. The van der Waals surface area contributed by atoms with Crippen LogP contribution in [0.25, 0.3) is 10.8 Å². The van der Waals surface area contributed by atoms with E-state index in [2.05, 4.69) is 24.8 Å². The third kappa shape index (κ3) is 2.86. The van der Waals surface area contributed by atoms with Crippen molar-refractivity contribution in [2.24, 2.45) is 0 Å². The SMILES string of the molecule is C=C(C)C(O)OC(C)(C)c1cccc2ccccc12. The standard InChI is InChI=1S/C17H20O2/c1-12(2)16(18)19-17(3,4)15-11-7-9-13-8-5-6-10-14(13)15/h5-11,16,18H,1H2,2-4H3. The summed E-state index contributed by atoms with van der Waals surface area (Å²) >= 11 is 0. The molecule has 0 aliphatic carbocycles. The monoisotopic (exact) mass is 256 g/mol. The molecule has 2 aromatic rings. The van der Waals surface area contributed by atoms with Gasteiger partial charge in [0.1, 0.15) is 0 Å². The first-order valence-corrected chi connectivity index (χ1v) is 6.41. The minimum absolute atomic E-state index is 0.584. The lowest BCUT2D eigenvalue weighted by atomic mass is 9.92. The van der Waals surface area contributed by atoms with Gasteiger partial charge in [-0.1, -0.05) is 49.0 Å². The Morgan fingerprint density at radius 2 is 1.79 bits per heavy atom. The molecule has 2 rings (SSSR count). The van der Waals surface area contributed by atoms with E-state index in [1.54, 1.807) is 6.92 Å². The summed E-state index contributed by atoms with van der Waals surface area (Å²) in [6, 6.07) is 14.3. The van der Waals surface area contributed by atoms with Gasteiger partial charge in [0, 0.05) is 0 Å². The number of rotatable bonds is 4. The fraction of sp³-hybridized carbons (Fsp3) is 0.294. The molecule has 2 aromatic carbocycles. The van der Waals surface area contributed by atoms with E-state index in [0.717, 1.165) is 10.9 Å². The van der Waals surface area contributed by atoms with E-state index in [1.165, 1.54) is 5.39 Å². The van der Waals surface area contributed by atoms with Gasteiger partial charge >= 0.3 is 0 Å². The second-order valence-corrected chi connectivity index (χ2v) is 5.35. The number of hydrogen-bond donors (Lipinski definition) is 1. The molecule has 100 valence electrons. The molecule has 0 radical (unpaired) electrons. The summed E-state index contributed by atoms with van der Waals surface area (Å²) in [5.41, 5.74) is 1.08. The van der Waals surface area contributed by atoms with E-state index in [4.69, 9.17) is 4.74 Å². The first-order chi connectivity index (χ1) is 8.92. The van der Waals surface area contributed by atoms with Gasteiger partial charge in [0.15, 0.2) is 6.29 Å². The van der Waals surface area contributed by atoms with Crippen LogP contribution in [-0.2, 0) is 10.3 Å². The molecule has 0 saturated carbocycles. The highest BCUT2D eigenvalue weighted by Crippen LogP contribution is 2.32. The van der Waals surface area contributed by atoms with E-state index >= 15 is 0 Å². The van der Waals surface area contributed by atoms with Crippen molar-refractivity contribution < 1.29 is 9.84 Å². The predicted octanol–water partition coefficient (Wildman–Crippen LogP) is 3.99. The van der Waals surface area contributed by atoms with Crippen molar-refractivity contribution in [1.82, 2.24) is 0 Å². The van der Waals surface area contributed by atoms with E-state index in [9.17, 15) is 5.11 Å². The summed E-state index contributed by atoms with van der Waals surface area (Å²) in [5, 5.41) is 12.2. The van der Waals surface area contributed by atoms with Gasteiger partial charge in [0.25, 0.3) is 0 Å². The van der Waals surface area contributed by atoms with E-state index < -0.39 is 11.9 Å². The number of aliphatic hydroxyl groups is 1.